The SMILES string of the molecule is CC[C@H]1CCCCN1CCCNS(=O)(=O)c1ccc(OC)c(OC)c1. The van der Waals surface area contributed by atoms with E-state index in [-0.39, 0.29) is 4.90 Å². The minimum Gasteiger partial charge on any atom is -0.493 e. The molecule has 0 amide bonds. The van der Waals surface area contributed by atoms with Crippen LogP contribution < -0.4 is 14.2 Å². The molecule has 0 spiro atoms. The summed E-state index contributed by atoms with van der Waals surface area (Å²) in [5, 5.41) is 0. The molecule has 2 rings (SSSR count). The van der Waals surface area contributed by atoms with Crippen LogP contribution in [0.2, 0.25) is 0 Å². The minimum absolute atomic E-state index is 0.189. The Kier molecular flexibility index (Phi) is 7.53. The van der Waals surface area contributed by atoms with Crippen molar-refractivity contribution in [2.45, 2.75) is 50.0 Å². The van der Waals surface area contributed by atoms with Gasteiger partial charge in [0.2, 0.25) is 10.0 Å². The van der Waals surface area contributed by atoms with Gasteiger partial charge in [0.25, 0.3) is 0 Å². The fourth-order valence-corrected chi connectivity index (χ4v) is 4.46. The molecule has 1 aliphatic heterocycles. The molecular formula is C18H30N2O4S. The predicted octanol–water partition coefficient (Wildman–Crippen LogP) is 2.64. The average molecular weight is 371 g/mol. The molecule has 1 fully saturated rings. The van der Waals surface area contributed by atoms with Crippen molar-refractivity contribution in [3.05, 3.63) is 18.2 Å². The standard InChI is InChI=1S/C18H30N2O4S/c1-4-15-8-5-6-12-20(15)13-7-11-19-25(21,22)16-9-10-17(23-2)18(14-16)24-3/h9-10,14-15,19H,4-8,11-13H2,1-3H3/t15-/m0/s1. The molecule has 0 unspecified atom stereocenters. The van der Waals surface area contributed by atoms with Gasteiger partial charge in [0.15, 0.2) is 11.5 Å². The van der Waals surface area contributed by atoms with Crippen molar-refractivity contribution < 1.29 is 17.9 Å². The number of rotatable bonds is 9. The predicted molar refractivity (Wildman–Crippen MR) is 98.9 cm³/mol. The summed E-state index contributed by atoms with van der Waals surface area (Å²) in [5.41, 5.74) is 0. The van der Waals surface area contributed by atoms with Crippen LogP contribution in [0.15, 0.2) is 23.1 Å². The number of likely N-dealkylation sites (tertiary alicyclic amines) is 1. The normalized spacial score (nSPS) is 18.9. The van der Waals surface area contributed by atoms with Gasteiger partial charge >= 0.3 is 0 Å². The lowest BCUT2D eigenvalue weighted by molar-refractivity contribution is 0.143. The van der Waals surface area contributed by atoms with E-state index < -0.39 is 10.0 Å². The van der Waals surface area contributed by atoms with E-state index in [1.54, 1.807) is 6.07 Å². The molecule has 6 nitrogen and oxygen atoms in total. The number of methoxy groups -OCH3 is 2. The smallest absolute Gasteiger partial charge is 0.240 e. The fourth-order valence-electron chi connectivity index (χ4n) is 3.37. The summed E-state index contributed by atoms with van der Waals surface area (Å²) in [6, 6.07) is 5.27. The van der Waals surface area contributed by atoms with Gasteiger partial charge in [0.05, 0.1) is 19.1 Å². The third kappa shape index (κ3) is 5.33. The first-order valence-corrected chi connectivity index (χ1v) is 10.5. The first-order chi connectivity index (χ1) is 12.0. The van der Waals surface area contributed by atoms with Crippen LogP contribution in [-0.2, 0) is 10.0 Å². The highest BCUT2D eigenvalue weighted by Gasteiger charge is 2.21. The first kappa shape index (κ1) is 20.0. The Labute approximate surface area is 151 Å². The molecule has 1 aromatic rings. The molecule has 0 radical (unpaired) electrons. The second-order valence-corrected chi connectivity index (χ2v) is 8.13. The van der Waals surface area contributed by atoms with Crippen molar-refractivity contribution in [1.82, 2.24) is 9.62 Å². The van der Waals surface area contributed by atoms with Gasteiger partial charge in [0.1, 0.15) is 0 Å². The quantitative estimate of drug-likeness (QED) is 0.677. The van der Waals surface area contributed by atoms with Crippen LogP contribution in [0.3, 0.4) is 0 Å². The van der Waals surface area contributed by atoms with Crippen molar-refractivity contribution in [2.75, 3.05) is 33.9 Å². The van der Waals surface area contributed by atoms with Crippen molar-refractivity contribution >= 4 is 10.0 Å². The largest absolute Gasteiger partial charge is 0.493 e. The monoisotopic (exact) mass is 370 g/mol. The number of hydrogen-bond donors (Lipinski definition) is 1. The van der Waals surface area contributed by atoms with Crippen LogP contribution in [0.25, 0.3) is 0 Å². The lowest BCUT2D eigenvalue weighted by atomic mass is 10.00. The molecule has 7 heteroatoms. The van der Waals surface area contributed by atoms with E-state index in [2.05, 4.69) is 16.5 Å². The van der Waals surface area contributed by atoms with E-state index in [0.29, 0.717) is 24.1 Å². The fraction of sp³-hybridized carbons (Fsp3) is 0.667. The molecule has 0 aromatic heterocycles. The summed E-state index contributed by atoms with van der Waals surface area (Å²) >= 11 is 0. The Morgan fingerprint density at radius 2 is 1.96 bits per heavy atom. The second kappa shape index (κ2) is 9.40. The lowest BCUT2D eigenvalue weighted by Gasteiger charge is -2.35. The minimum atomic E-state index is -3.54. The Hall–Kier alpha value is -1.31. The van der Waals surface area contributed by atoms with E-state index >= 15 is 0 Å². The molecule has 0 saturated carbocycles. The third-order valence-corrected chi connectivity index (χ3v) is 6.26. The number of ether oxygens (including phenoxy) is 2. The Balaban J connectivity index is 1.89. The number of nitrogens with zero attached hydrogens (tertiary/aromatic N) is 1. The molecule has 1 atom stereocenters. The first-order valence-electron chi connectivity index (χ1n) is 8.97. The zero-order chi connectivity index (χ0) is 18.3. The van der Waals surface area contributed by atoms with Crippen LogP contribution in [0, 0.1) is 0 Å². The number of nitrogens with one attached hydrogen (secondary N) is 1. The van der Waals surface area contributed by atoms with Crippen LogP contribution in [0.5, 0.6) is 11.5 Å². The Morgan fingerprint density at radius 3 is 2.64 bits per heavy atom. The van der Waals surface area contributed by atoms with Crippen LogP contribution in [0.1, 0.15) is 39.0 Å². The number of piperidine rings is 1. The van der Waals surface area contributed by atoms with Crippen LogP contribution in [-0.4, -0.2) is 53.2 Å². The maximum Gasteiger partial charge on any atom is 0.240 e. The summed E-state index contributed by atoms with van der Waals surface area (Å²) in [7, 11) is -0.531. The Morgan fingerprint density at radius 1 is 1.20 bits per heavy atom. The van der Waals surface area contributed by atoms with Gasteiger partial charge in [-0.2, -0.15) is 0 Å². The van der Waals surface area contributed by atoms with E-state index in [1.165, 1.54) is 45.6 Å². The van der Waals surface area contributed by atoms with Gasteiger partial charge < -0.3 is 14.4 Å². The van der Waals surface area contributed by atoms with E-state index in [1.807, 2.05) is 0 Å². The zero-order valence-electron chi connectivity index (χ0n) is 15.5. The molecule has 0 bridgehead atoms. The van der Waals surface area contributed by atoms with Crippen molar-refractivity contribution in [3.63, 3.8) is 0 Å². The molecule has 1 saturated heterocycles. The zero-order valence-corrected chi connectivity index (χ0v) is 16.3. The average Bonchev–Trinajstić information content (AvgIpc) is 2.64. The van der Waals surface area contributed by atoms with Gasteiger partial charge in [-0.3, -0.25) is 0 Å². The molecule has 25 heavy (non-hydrogen) atoms. The van der Waals surface area contributed by atoms with E-state index in [9.17, 15) is 8.42 Å². The molecule has 1 heterocycles. The van der Waals surface area contributed by atoms with Gasteiger partial charge in [-0.25, -0.2) is 13.1 Å². The molecule has 1 aliphatic rings. The third-order valence-electron chi connectivity index (χ3n) is 4.80. The molecule has 142 valence electrons. The lowest BCUT2D eigenvalue weighted by Crippen LogP contribution is -2.40. The van der Waals surface area contributed by atoms with E-state index in [4.69, 9.17) is 9.47 Å². The van der Waals surface area contributed by atoms with Crippen LogP contribution in [0.4, 0.5) is 0 Å². The number of benzene rings is 1. The molecular weight excluding hydrogens is 340 g/mol. The highest BCUT2D eigenvalue weighted by molar-refractivity contribution is 7.89. The maximum atomic E-state index is 12.5. The topological polar surface area (TPSA) is 67.9 Å². The van der Waals surface area contributed by atoms with Crippen LogP contribution >= 0.6 is 0 Å². The van der Waals surface area contributed by atoms with Crippen molar-refractivity contribution in [1.29, 1.82) is 0 Å². The second-order valence-electron chi connectivity index (χ2n) is 6.36. The van der Waals surface area contributed by atoms with Crippen molar-refractivity contribution in [2.24, 2.45) is 0 Å². The van der Waals surface area contributed by atoms with Crippen molar-refractivity contribution in [3.8, 4) is 11.5 Å². The number of hydrogen-bond acceptors (Lipinski definition) is 5. The highest BCUT2D eigenvalue weighted by atomic mass is 32.2. The summed E-state index contributed by atoms with van der Waals surface area (Å²) in [6.07, 6.45) is 5.78. The highest BCUT2D eigenvalue weighted by Crippen LogP contribution is 2.29. The molecule has 1 aromatic carbocycles. The summed E-state index contributed by atoms with van der Waals surface area (Å²) in [5.74, 6) is 0.918. The van der Waals surface area contributed by atoms with Gasteiger partial charge in [0, 0.05) is 18.7 Å². The number of sulfonamides is 1. The Bertz CT molecular complexity index is 648. The van der Waals surface area contributed by atoms with E-state index in [0.717, 1.165) is 25.9 Å². The van der Waals surface area contributed by atoms with Gasteiger partial charge in [-0.15, -0.1) is 0 Å². The maximum absolute atomic E-state index is 12.5. The summed E-state index contributed by atoms with van der Waals surface area (Å²) in [4.78, 5) is 2.68. The molecule has 0 aliphatic carbocycles. The van der Waals surface area contributed by atoms with Gasteiger partial charge in [-0.1, -0.05) is 13.3 Å². The summed E-state index contributed by atoms with van der Waals surface area (Å²) < 4.78 is 37.9. The van der Waals surface area contributed by atoms with Gasteiger partial charge in [-0.05, 0) is 50.9 Å². The summed E-state index contributed by atoms with van der Waals surface area (Å²) in [6.45, 7) is 4.72. The molecule has 1 N–H and O–H groups in total.